The maximum absolute atomic E-state index is 11.7. The zero-order chi connectivity index (χ0) is 12.2. The molecule has 0 fully saturated rings. The highest BCUT2D eigenvalue weighted by atomic mass is 32.1. The highest BCUT2D eigenvalue weighted by molar-refractivity contribution is 7.80. The number of rotatable bonds is 4. The second-order valence-electron chi connectivity index (χ2n) is 4.48. The Hall–Kier alpha value is -0.960. The maximum atomic E-state index is 11.7. The van der Waals surface area contributed by atoms with Gasteiger partial charge in [0.05, 0.1) is 5.41 Å². The van der Waals surface area contributed by atoms with Gasteiger partial charge in [-0.3, -0.25) is 4.79 Å². The fourth-order valence-corrected chi connectivity index (χ4v) is 1.23. The van der Waals surface area contributed by atoms with Gasteiger partial charge in [-0.25, -0.2) is 0 Å². The molecular weight excluding hydrogens is 220 g/mol. The van der Waals surface area contributed by atoms with Crippen LogP contribution >= 0.6 is 12.6 Å². The smallest absolute Gasteiger partial charge is 0.311 e. The quantitative estimate of drug-likeness (QED) is 0.642. The van der Waals surface area contributed by atoms with Crippen molar-refractivity contribution < 1.29 is 9.53 Å². The summed E-state index contributed by atoms with van der Waals surface area (Å²) in [4.78, 5) is 12.6. The van der Waals surface area contributed by atoms with Gasteiger partial charge in [0.15, 0.2) is 0 Å². The monoisotopic (exact) mass is 238 g/mol. The first kappa shape index (κ1) is 13.1. The average molecular weight is 238 g/mol. The molecule has 16 heavy (non-hydrogen) atoms. The van der Waals surface area contributed by atoms with E-state index < -0.39 is 5.41 Å². The van der Waals surface area contributed by atoms with Crippen LogP contribution in [0.25, 0.3) is 0 Å². The molecule has 0 radical (unpaired) electrons. The van der Waals surface area contributed by atoms with Gasteiger partial charge >= 0.3 is 5.97 Å². The summed E-state index contributed by atoms with van der Waals surface area (Å²) in [6, 6.07) is 7.59. The zero-order valence-electron chi connectivity index (χ0n) is 9.99. The second-order valence-corrected chi connectivity index (χ2v) is 5.00. The average Bonchev–Trinajstić information content (AvgIpc) is 2.28. The Morgan fingerprint density at radius 1 is 1.31 bits per heavy atom. The molecule has 0 bridgehead atoms. The van der Waals surface area contributed by atoms with Crippen LogP contribution in [-0.4, -0.2) is 5.97 Å². The minimum atomic E-state index is -0.399. The predicted molar refractivity (Wildman–Crippen MR) is 67.6 cm³/mol. The van der Waals surface area contributed by atoms with Crippen LogP contribution in [0.4, 0.5) is 0 Å². The lowest BCUT2D eigenvalue weighted by molar-refractivity contribution is -0.155. The van der Waals surface area contributed by atoms with Gasteiger partial charge in [-0.2, -0.15) is 0 Å². The Morgan fingerprint density at radius 3 is 2.38 bits per heavy atom. The van der Waals surface area contributed by atoms with E-state index in [9.17, 15) is 4.79 Å². The van der Waals surface area contributed by atoms with E-state index in [1.165, 1.54) is 0 Å². The third-order valence-electron chi connectivity index (χ3n) is 2.74. The van der Waals surface area contributed by atoms with E-state index in [0.29, 0.717) is 6.61 Å². The number of hydrogen-bond donors (Lipinski definition) is 1. The molecule has 0 saturated heterocycles. The van der Waals surface area contributed by atoms with Crippen LogP contribution < -0.4 is 0 Å². The fraction of sp³-hybridized carbons (Fsp3) is 0.462. The van der Waals surface area contributed by atoms with Crippen LogP contribution in [0.5, 0.6) is 0 Å². The van der Waals surface area contributed by atoms with Gasteiger partial charge in [0.1, 0.15) is 6.61 Å². The van der Waals surface area contributed by atoms with E-state index in [0.717, 1.165) is 16.9 Å². The van der Waals surface area contributed by atoms with E-state index in [-0.39, 0.29) is 5.97 Å². The summed E-state index contributed by atoms with van der Waals surface area (Å²) >= 11 is 4.19. The lowest BCUT2D eigenvalue weighted by atomic mass is 9.91. The van der Waals surface area contributed by atoms with Crippen molar-refractivity contribution >= 4 is 18.6 Å². The molecule has 1 rings (SSSR count). The van der Waals surface area contributed by atoms with Gasteiger partial charge in [-0.15, -0.1) is 12.6 Å². The van der Waals surface area contributed by atoms with Crippen molar-refractivity contribution in [2.75, 3.05) is 0 Å². The number of ether oxygens (including phenoxy) is 1. The number of thiol groups is 1. The van der Waals surface area contributed by atoms with E-state index in [1.807, 2.05) is 45.0 Å². The van der Waals surface area contributed by atoms with E-state index in [4.69, 9.17) is 4.74 Å². The lowest BCUT2D eigenvalue weighted by Crippen LogP contribution is -2.25. The molecule has 0 aromatic heterocycles. The summed E-state index contributed by atoms with van der Waals surface area (Å²) in [5, 5.41) is 0. The number of esters is 1. The molecule has 0 aliphatic rings. The number of carbonyl (C=O) groups excluding carboxylic acids is 1. The summed E-state index contributed by atoms with van der Waals surface area (Å²) in [5.41, 5.74) is 0.585. The zero-order valence-corrected chi connectivity index (χ0v) is 10.9. The topological polar surface area (TPSA) is 26.3 Å². The van der Waals surface area contributed by atoms with Crippen LogP contribution in [0, 0.1) is 5.41 Å². The predicted octanol–water partition coefficient (Wildman–Crippen LogP) is 3.45. The van der Waals surface area contributed by atoms with Crippen molar-refractivity contribution in [2.45, 2.75) is 38.7 Å². The minimum absolute atomic E-state index is 0.148. The number of hydrogen-bond acceptors (Lipinski definition) is 3. The normalized spacial score (nSPS) is 11.2. The molecule has 0 aliphatic carbocycles. The SMILES string of the molecule is CCC(C)(C)C(=O)OCc1ccc(S)cc1. The van der Waals surface area contributed by atoms with Gasteiger partial charge in [-0.1, -0.05) is 19.1 Å². The highest BCUT2D eigenvalue weighted by Crippen LogP contribution is 2.22. The standard InChI is InChI=1S/C13H18O2S/c1-4-13(2,3)12(14)15-9-10-5-7-11(16)8-6-10/h5-8,16H,4,9H2,1-3H3. The summed E-state index contributed by atoms with van der Waals surface area (Å²) in [6.07, 6.45) is 0.779. The van der Waals surface area contributed by atoms with Gasteiger partial charge < -0.3 is 4.74 Å². The Balaban J connectivity index is 2.52. The fourth-order valence-electron chi connectivity index (χ4n) is 1.08. The first-order valence-corrected chi connectivity index (χ1v) is 5.85. The molecule has 0 N–H and O–H groups in total. The molecule has 0 spiro atoms. The van der Waals surface area contributed by atoms with Crippen molar-refractivity contribution in [3.8, 4) is 0 Å². The first-order valence-electron chi connectivity index (χ1n) is 5.41. The van der Waals surface area contributed by atoms with Crippen molar-refractivity contribution in [3.63, 3.8) is 0 Å². The van der Waals surface area contributed by atoms with Gasteiger partial charge in [0.2, 0.25) is 0 Å². The molecule has 0 atom stereocenters. The summed E-state index contributed by atoms with van der Waals surface area (Å²) in [6.45, 7) is 6.10. The van der Waals surface area contributed by atoms with Crippen molar-refractivity contribution in [1.29, 1.82) is 0 Å². The maximum Gasteiger partial charge on any atom is 0.311 e. The summed E-state index contributed by atoms with van der Waals surface area (Å²) < 4.78 is 5.26. The number of benzene rings is 1. The third kappa shape index (κ3) is 3.56. The second kappa shape index (κ2) is 5.39. The molecule has 2 nitrogen and oxygen atoms in total. The molecular formula is C13H18O2S. The third-order valence-corrected chi connectivity index (χ3v) is 3.04. The molecule has 1 aromatic rings. The minimum Gasteiger partial charge on any atom is -0.460 e. The highest BCUT2D eigenvalue weighted by Gasteiger charge is 2.26. The van der Waals surface area contributed by atoms with Crippen LogP contribution in [0.3, 0.4) is 0 Å². The van der Waals surface area contributed by atoms with E-state index in [1.54, 1.807) is 0 Å². The largest absolute Gasteiger partial charge is 0.460 e. The summed E-state index contributed by atoms with van der Waals surface area (Å²) in [7, 11) is 0. The first-order chi connectivity index (χ1) is 7.45. The van der Waals surface area contributed by atoms with Crippen LogP contribution in [-0.2, 0) is 16.1 Å². The Morgan fingerprint density at radius 2 is 1.88 bits per heavy atom. The van der Waals surface area contributed by atoms with Gasteiger partial charge in [-0.05, 0) is 38.0 Å². The molecule has 0 aliphatic heterocycles. The number of carbonyl (C=O) groups is 1. The Labute approximate surface area is 102 Å². The molecule has 0 unspecified atom stereocenters. The van der Waals surface area contributed by atoms with Crippen LogP contribution in [0.15, 0.2) is 29.2 Å². The van der Waals surface area contributed by atoms with Crippen molar-refractivity contribution in [3.05, 3.63) is 29.8 Å². The Kier molecular flexibility index (Phi) is 4.42. The molecule has 3 heteroatoms. The molecule has 0 heterocycles. The van der Waals surface area contributed by atoms with Gasteiger partial charge in [0.25, 0.3) is 0 Å². The van der Waals surface area contributed by atoms with E-state index in [2.05, 4.69) is 12.6 Å². The Bertz CT molecular complexity index is 355. The van der Waals surface area contributed by atoms with Crippen molar-refractivity contribution in [1.82, 2.24) is 0 Å². The van der Waals surface area contributed by atoms with Crippen LogP contribution in [0.2, 0.25) is 0 Å². The molecule has 88 valence electrons. The van der Waals surface area contributed by atoms with Crippen molar-refractivity contribution in [2.24, 2.45) is 5.41 Å². The van der Waals surface area contributed by atoms with Crippen LogP contribution in [0.1, 0.15) is 32.8 Å². The van der Waals surface area contributed by atoms with Gasteiger partial charge in [0, 0.05) is 4.90 Å². The lowest BCUT2D eigenvalue weighted by Gasteiger charge is -2.20. The molecule has 1 aromatic carbocycles. The van der Waals surface area contributed by atoms with E-state index >= 15 is 0 Å². The molecule has 0 amide bonds. The molecule has 0 saturated carbocycles. The summed E-state index contributed by atoms with van der Waals surface area (Å²) in [5.74, 6) is -0.148.